The lowest BCUT2D eigenvalue weighted by atomic mass is 10.2. The normalized spacial score (nSPS) is 10.6. The van der Waals surface area contributed by atoms with Gasteiger partial charge in [0.1, 0.15) is 0 Å². The molecule has 1 aromatic carbocycles. The van der Waals surface area contributed by atoms with Gasteiger partial charge < -0.3 is 0 Å². The lowest BCUT2D eigenvalue weighted by Crippen LogP contribution is -2.14. The highest BCUT2D eigenvalue weighted by Crippen LogP contribution is 2.11. The molecular formula is C10H10N2O2. The molecule has 1 aromatic heterocycles. The number of aromatic nitrogens is 2. The zero-order chi connectivity index (χ0) is 10.1. The van der Waals surface area contributed by atoms with Crippen LogP contribution in [0.2, 0.25) is 0 Å². The van der Waals surface area contributed by atoms with E-state index in [0.717, 1.165) is 6.29 Å². The van der Waals surface area contributed by atoms with Crippen molar-refractivity contribution < 1.29 is 4.79 Å². The number of aryl methyl sites for hydroxylation is 1. The molecule has 0 bridgehead atoms. The van der Waals surface area contributed by atoms with E-state index in [4.69, 9.17) is 0 Å². The minimum atomic E-state index is -0.0776. The second kappa shape index (κ2) is 3.14. The van der Waals surface area contributed by atoms with Gasteiger partial charge in [0, 0.05) is 12.1 Å². The maximum Gasteiger partial charge on any atom is 0.274 e. The fourth-order valence-electron chi connectivity index (χ4n) is 1.53. The zero-order valence-corrected chi connectivity index (χ0v) is 7.78. The Labute approximate surface area is 80.1 Å². The molecule has 0 radical (unpaired) electrons. The van der Waals surface area contributed by atoms with Crippen LogP contribution in [-0.2, 0) is 6.54 Å². The van der Waals surface area contributed by atoms with Crippen LogP contribution >= 0.6 is 0 Å². The van der Waals surface area contributed by atoms with Gasteiger partial charge in [-0.3, -0.25) is 19.4 Å². The van der Waals surface area contributed by atoms with Crippen molar-refractivity contribution in [2.45, 2.75) is 13.5 Å². The molecule has 4 nitrogen and oxygen atoms in total. The average Bonchev–Trinajstić information content (AvgIpc) is 2.55. The Morgan fingerprint density at radius 1 is 1.50 bits per heavy atom. The van der Waals surface area contributed by atoms with Gasteiger partial charge in [-0.1, -0.05) is 6.07 Å². The van der Waals surface area contributed by atoms with Crippen LogP contribution in [0.5, 0.6) is 0 Å². The van der Waals surface area contributed by atoms with Gasteiger partial charge >= 0.3 is 0 Å². The first-order valence-corrected chi connectivity index (χ1v) is 4.44. The van der Waals surface area contributed by atoms with Crippen molar-refractivity contribution in [1.82, 2.24) is 9.78 Å². The van der Waals surface area contributed by atoms with E-state index in [-0.39, 0.29) is 5.56 Å². The fourth-order valence-corrected chi connectivity index (χ4v) is 1.53. The highest BCUT2D eigenvalue weighted by Gasteiger charge is 2.07. The molecule has 0 spiro atoms. The Hall–Kier alpha value is -1.84. The molecule has 1 heterocycles. The van der Waals surface area contributed by atoms with Gasteiger partial charge in [0.05, 0.1) is 10.9 Å². The van der Waals surface area contributed by atoms with E-state index >= 15 is 0 Å². The van der Waals surface area contributed by atoms with Crippen LogP contribution in [0.15, 0.2) is 23.0 Å². The molecule has 0 saturated carbocycles. The van der Waals surface area contributed by atoms with Crippen molar-refractivity contribution in [3.05, 3.63) is 34.1 Å². The summed E-state index contributed by atoms with van der Waals surface area (Å²) in [7, 11) is 0. The highest BCUT2D eigenvalue weighted by molar-refractivity contribution is 5.95. The van der Waals surface area contributed by atoms with Crippen molar-refractivity contribution in [2.75, 3.05) is 0 Å². The predicted octanol–water partition coefficient (Wildman–Crippen LogP) is 1.16. The standard InChI is InChI=1S/C10H10N2O2/c1-2-12-10(14)8-5-3-4-7(6-13)9(8)11-12/h3-6,11H,2H2,1H3. The van der Waals surface area contributed by atoms with Crippen molar-refractivity contribution in [1.29, 1.82) is 0 Å². The molecule has 1 N–H and O–H groups in total. The Morgan fingerprint density at radius 3 is 2.93 bits per heavy atom. The molecule has 2 rings (SSSR count). The van der Waals surface area contributed by atoms with E-state index < -0.39 is 0 Å². The van der Waals surface area contributed by atoms with E-state index in [1.54, 1.807) is 18.2 Å². The number of aldehydes is 1. The quantitative estimate of drug-likeness (QED) is 0.722. The second-order valence-corrected chi connectivity index (χ2v) is 3.05. The molecule has 0 amide bonds. The molecule has 0 atom stereocenters. The Kier molecular flexibility index (Phi) is 1.96. The largest absolute Gasteiger partial charge is 0.298 e. The first-order valence-electron chi connectivity index (χ1n) is 4.44. The molecule has 0 saturated heterocycles. The number of para-hydroxylation sites is 1. The van der Waals surface area contributed by atoms with Crippen molar-refractivity contribution in [3.63, 3.8) is 0 Å². The third-order valence-corrected chi connectivity index (χ3v) is 2.26. The summed E-state index contributed by atoms with van der Waals surface area (Å²) in [4.78, 5) is 22.3. The number of carbonyl (C=O) groups is 1. The molecule has 14 heavy (non-hydrogen) atoms. The summed E-state index contributed by atoms with van der Waals surface area (Å²) in [5.41, 5.74) is 1.06. The monoisotopic (exact) mass is 190 g/mol. The van der Waals surface area contributed by atoms with E-state index in [0.29, 0.717) is 23.0 Å². The first kappa shape index (κ1) is 8.74. The van der Waals surface area contributed by atoms with E-state index in [9.17, 15) is 9.59 Å². The summed E-state index contributed by atoms with van der Waals surface area (Å²) < 4.78 is 1.48. The minimum absolute atomic E-state index is 0.0776. The van der Waals surface area contributed by atoms with Crippen LogP contribution in [0, 0.1) is 0 Å². The van der Waals surface area contributed by atoms with Crippen molar-refractivity contribution >= 4 is 17.2 Å². The van der Waals surface area contributed by atoms with Gasteiger partial charge in [-0.25, -0.2) is 0 Å². The summed E-state index contributed by atoms with van der Waals surface area (Å²) in [6.07, 6.45) is 0.748. The lowest BCUT2D eigenvalue weighted by molar-refractivity contribution is 0.112. The van der Waals surface area contributed by atoms with Gasteiger partial charge in [-0.05, 0) is 19.1 Å². The van der Waals surface area contributed by atoms with Crippen LogP contribution in [-0.4, -0.2) is 16.1 Å². The van der Waals surface area contributed by atoms with Crippen LogP contribution in [0.3, 0.4) is 0 Å². The van der Waals surface area contributed by atoms with E-state index in [1.807, 2.05) is 6.92 Å². The third-order valence-electron chi connectivity index (χ3n) is 2.26. The highest BCUT2D eigenvalue weighted by atomic mass is 16.1. The SMILES string of the molecule is CCn1[nH]c2c(C=O)cccc2c1=O. The van der Waals surface area contributed by atoms with Gasteiger partial charge in [-0.15, -0.1) is 0 Å². The number of carbonyl (C=O) groups excluding carboxylic acids is 1. The van der Waals surface area contributed by atoms with Crippen molar-refractivity contribution in [3.8, 4) is 0 Å². The van der Waals surface area contributed by atoms with Gasteiger partial charge in [0.25, 0.3) is 5.56 Å². The Balaban J connectivity index is 2.90. The van der Waals surface area contributed by atoms with E-state index in [2.05, 4.69) is 5.10 Å². The third kappa shape index (κ3) is 1.08. The molecule has 0 unspecified atom stereocenters. The molecule has 2 aromatic rings. The molecule has 0 aliphatic carbocycles. The molecule has 0 aliphatic rings. The summed E-state index contributed by atoms with van der Waals surface area (Å²) in [5.74, 6) is 0. The number of nitrogens with one attached hydrogen (secondary N) is 1. The molecular weight excluding hydrogens is 180 g/mol. The van der Waals surface area contributed by atoms with Crippen LogP contribution < -0.4 is 5.56 Å². The number of benzene rings is 1. The second-order valence-electron chi connectivity index (χ2n) is 3.05. The molecule has 0 fully saturated rings. The number of rotatable bonds is 2. The number of hydrogen-bond acceptors (Lipinski definition) is 2. The van der Waals surface area contributed by atoms with Gasteiger partial charge in [-0.2, -0.15) is 0 Å². The Bertz CT molecular complexity index is 537. The summed E-state index contributed by atoms with van der Waals surface area (Å²) in [6, 6.07) is 5.11. The fraction of sp³-hybridized carbons (Fsp3) is 0.200. The predicted molar refractivity (Wildman–Crippen MR) is 53.6 cm³/mol. The number of nitrogens with zero attached hydrogens (tertiary/aromatic N) is 1. The summed E-state index contributed by atoms with van der Waals surface area (Å²) >= 11 is 0. The average molecular weight is 190 g/mol. The summed E-state index contributed by atoms with van der Waals surface area (Å²) in [6.45, 7) is 2.45. The number of aromatic amines is 1. The maximum absolute atomic E-state index is 11.6. The minimum Gasteiger partial charge on any atom is -0.298 e. The Morgan fingerprint density at radius 2 is 2.29 bits per heavy atom. The van der Waals surface area contributed by atoms with Crippen LogP contribution in [0.1, 0.15) is 17.3 Å². The maximum atomic E-state index is 11.6. The van der Waals surface area contributed by atoms with E-state index in [1.165, 1.54) is 4.68 Å². The van der Waals surface area contributed by atoms with Crippen LogP contribution in [0.25, 0.3) is 10.9 Å². The number of H-pyrrole nitrogens is 1. The van der Waals surface area contributed by atoms with Gasteiger partial charge in [0.2, 0.25) is 0 Å². The number of fused-ring (bicyclic) bond motifs is 1. The lowest BCUT2D eigenvalue weighted by Gasteiger charge is -1.92. The summed E-state index contributed by atoms with van der Waals surface area (Å²) in [5, 5.41) is 3.47. The van der Waals surface area contributed by atoms with Gasteiger partial charge in [0.15, 0.2) is 6.29 Å². The smallest absolute Gasteiger partial charge is 0.274 e. The number of hydrogen-bond donors (Lipinski definition) is 1. The molecule has 4 heteroatoms. The van der Waals surface area contributed by atoms with Crippen LogP contribution in [0.4, 0.5) is 0 Å². The molecule has 0 aliphatic heterocycles. The molecule has 72 valence electrons. The van der Waals surface area contributed by atoms with Crippen molar-refractivity contribution in [2.24, 2.45) is 0 Å². The first-order chi connectivity index (χ1) is 6.77. The zero-order valence-electron chi connectivity index (χ0n) is 7.78. The topological polar surface area (TPSA) is 54.9 Å².